The fraction of sp³-hybridized carbons (Fsp3) is 0.483. The van der Waals surface area contributed by atoms with Gasteiger partial charge in [0.25, 0.3) is 0 Å². The lowest BCUT2D eigenvalue weighted by molar-refractivity contribution is -0.126. The summed E-state index contributed by atoms with van der Waals surface area (Å²) in [7, 11) is -3.39. The molecule has 0 aliphatic carbocycles. The quantitative estimate of drug-likeness (QED) is 0.357. The van der Waals surface area contributed by atoms with Gasteiger partial charge in [0.2, 0.25) is 5.88 Å². The van der Waals surface area contributed by atoms with Crippen molar-refractivity contribution in [2.75, 3.05) is 26.0 Å². The first kappa shape index (κ1) is 30.9. The summed E-state index contributed by atoms with van der Waals surface area (Å²) in [5.41, 5.74) is 0.591. The second-order valence-electron chi connectivity index (χ2n) is 11.3. The number of hydrogen-bond donors (Lipinski definition) is 0. The van der Waals surface area contributed by atoms with Crippen LogP contribution in [0.1, 0.15) is 57.7 Å². The van der Waals surface area contributed by atoms with Gasteiger partial charge in [0.1, 0.15) is 17.2 Å². The highest BCUT2D eigenvalue weighted by Crippen LogP contribution is 2.37. The normalized spacial score (nSPS) is 15.2. The minimum atomic E-state index is -3.39. The number of carbonyl (C=O) groups is 2. The molecule has 1 fully saturated rings. The Morgan fingerprint density at radius 3 is 2.38 bits per heavy atom. The number of pyridine rings is 1. The van der Waals surface area contributed by atoms with E-state index in [1.807, 2.05) is 13.0 Å². The Balaban J connectivity index is 1.59. The van der Waals surface area contributed by atoms with Gasteiger partial charge in [-0.3, -0.25) is 14.8 Å². The molecule has 1 aliphatic heterocycles. The molecule has 4 rings (SSSR count). The summed E-state index contributed by atoms with van der Waals surface area (Å²) in [5.74, 6) is 0.0586. The molecule has 224 valence electrons. The molecule has 0 aromatic carbocycles. The van der Waals surface area contributed by atoms with E-state index in [0.29, 0.717) is 29.6 Å². The number of hydrogen-bond acceptors (Lipinski definition) is 11. The van der Waals surface area contributed by atoms with Crippen LogP contribution in [0.2, 0.25) is 0 Å². The van der Waals surface area contributed by atoms with E-state index in [9.17, 15) is 18.0 Å². The zero-order valence-electron chi connectivity index (χ0n) is 24.5. The topological polar surface area (TPSA) is 154 Å². The molecule has 13 heteroatoms. The number of ether oxygens (including phenoxy) is 2. The summed E-state index contributed by atoms with van der Waals surface area (Å²) in [4.78, 5) is 50.2. The van der Waals surface area contributed by atoms with Crippen LogP contribution in [0, 0.1) is 0 Å². The first-order valence-corrected chi connectivity index (χ1v) is 15.8. The minimum Gasteiger partial charge on any atom is -0.477 e. The molecule has 0 N–H and O–H groups in total. The maximum atomic E-state index is 14.1. The smallest absolute Gasteiger partial charge is 0.410 e. The summed E-state index contributed by atoms with van der Waals surface area (Å²) in [6.07, 6.45) is 7.52. The van der Waals surface area contributed by atoms with Gasteiger partial charge in [-0.25, -0.2) is 28.2 Å². The fourth-order valence-electron chi connectivity index (χ4n) is 4.76. The molecule has 4 heterocycles. The number of piperidine rings is 1. The molecule has 12 nitrogen and oxygen atoms in total. The third kappa shape index (κ3) is 7.84. The largest absolute Gasteiger partial charge is 0.477 e. The van der Waals surface area contributed by atoms with Crippen molar-refractivity contribution in [1.29, 1.82) is 0 Å². The number of rotatable bonds is 9. The number of nitrogens with zero attached hydrogens (tertiary/aromatic N) is 6. The summed E-state index contributed by atoms with van der Waals surface area (Å²) in [6.45, 7) is 8.27. The van der Waals surface area contributed by atoms with Crippen LogP contribution in [-0.2, 0) is 37.0 Å². The third-order valence-corrected chi connectivity index (χ3v) is 7.54. The van der Waals surface area contributed by atoms with E-state index in [4.69, 9.17) is 9.47 Å². The number of aromatic nitrogens is 5. The number of likely N-dealkylation sites (tertiary alicyclic amines) is 1. The monoisotopic (exact) mass is 596 g/mol. The molecule has 3 aromatic rings. The van der Waals surface area contributed by atoms with Gasteiger partial charge in [-0.05, 0) is 58.7 Å². The molecule has 1 saturated heterocycles. The molecule has 1 aliphatic rings. The first-order valence-electron chi connectivity index (χ1n) is 13.7. The number of Topliss-reactive ketones (excluding diaryl/α,β-unsaturated/α-hetero) is 1. The highest BCUT2D eigenvalue weighted by molar-refractivity contribution is 7.89. The summed E-state index contributed by atoms with van der Waals surface area (Å²) < 4.78 is 34.8. The Morgan fingerprint density at radius 2 is 1.76 bits per heavy atom. The van der Waals surface area contributed by atoms with Crippen LogP contribution in [0.3, 0.4) is 0 Å². The molecule has 0 radical (unpaired) electrons. The van der Waals surface area contributed by atoms with E-state index >= 15 is 0 Å². The van der Waals surface area contributed by atoms with Gasteiger partial charge in [0.05, 0.1) is 35.8 Å². The van der Waals surface area contributed by atoms with Gasteiger partial charge >= 0.3 is 6.09 Å². The maximum Gasteiger partial charge on any atom is 0.410 e. The van der Waals surface area contributed by atoms with Crippen LogP contribution in [0.4, 0.5) is 4.79 Å². The van der Waals surface area contributed by atoms with E-state index in [1.165, 1.54) is 12.4 Å². The second kappa shape index (κ2) is 12.5. The van der Waals surface area contributed by atoms with E-state index in [2.05, 4.69) is 24.9 Å². The van der Waals surface area contributed by atoms with E-state index < -0.39 is 26.9 Å². The lowest BCUT2D eigenvalue weighted by atomic mass is 9.71. The van der Waals surface area contributed by atoms with Crippen molar-refractivity contribution in [1.82, 2.24) is 29.8 Å². The Labute approximate surface area is 245 Å². The van der Waals surface area contributed by atoms with Crippen LogP contribution < -0.4 is 4.74 Å². The van der Waals surface area contributed by atoms with Crippen molar-refractivity contribution in [3.05, 3.63) is 60.2 Å². The Morgan fingerprint density at radius 1 is 1.02 bits per heavy atom. The molecular formula is C29H36N6O6S. The van der Waals surface area contributed by atoms with Gasteiger partial charge in [-0.1, -0.05) is 0 Å². The Hall–Kier alpha value is -4.00. The van der Waals surface area contributed by atoms with Crippen LogP contribution >= 0.6 is 0 Å². The van der Waals surface area contributed by atoms with Gasteiger partial charge in [-0.2, -0.15) is 0 Å². The molecule has 0 bridgehead atoms. The molecule has 42 heavy (non-hydrogen) atoms. The molecular weight excluding hydrogens is 560 g/mol. The number of ketones is 1. The molecule has 3 aromatic heterocycles. The predicted molar refractivity (Wildman–Crippen MR) is 154 cm³/mol. The fourth-order valence-corrected chi connectivity index (χ4v) is 5.37. The predicted octanol–water partition coefficient (Wildman–Crippen LogP) is 3.35. The lowest BCUT2D eigenvalue weighted by Crippen LogP contribution is -2.51. The van der Waals surface area contributed by atoms with Gasteiger partial charge in [0, 0.05) is 49.4 Å². The van der Waals surface area contributed by atoms with Crippen molar-refractivity contribution >= 4 is 21.7 Å². The zero-order chi connectivity index (χ0) is 30.5. The molecule has 0 unspecified atom stereocenters. The SMILES string of the molecule is CCOc1cncc(-c2ccc(CC(=O)C3(c4ccnc(CS(C)(=O)=O)n4)CCN(C(=O)OC(C)(C)C)CC3)nc2)n1. The Bertz CT molecular complexity index is 1530. The molecule has 1 amide bonds. The van der Waals surface area contributed by atoms with Crippen LogP contribution in [-0.4, -0.2) is 81.7 Å². The zero-order valence-corrected chi connectivity index (χ0v) is 25.3. The average molecular weight is 597 g/mol. The highest BCUT2D eigenvalue weighted by Gasteiger charge is 2.45. The van der Waals surface area contributed by atoms with E-state index in [0.717, 1.165) is 11.8 Å². The third-order valence-electron chi connectivity index (χ3n) is 6.76. The standard InChI is InChI=1S/C29H36N6O6S/c1-6-40-26-18-30-17-22(33-26)20-7-8-21(32-16-20)15-24(36)29(23-9-12-31-25(34-23)19-42(5,38)39)10-13-35(14-11-29)27(37)41-28(2,3)4/h7-9,12,16-18H,6,10-11,13-15,19H2,1-5H3. The summed E-state index contributed by atoms with van der Waals surface area (Å²) in [5, 5.41) is 0. The summed E-state index contributed by atoms with van der Waals surface area (Å²) >= 11 is 0. The highest BCUT2D eigenvalue weighted by atomic mass is 32.2. The molecule has 0 saturated carbocycles. The van der Waals surface area contributed by atoms with Crippen LogP contribution in [0.25, 0.3) is 11.3 Å². The number of amides is 1. The molecule has 0 atom stereocenters. The van der Waals surface area contributed by atoms with Crippen molar-refractivity contribution in [2.45, 2.75) is 63.7 Å². The van der Waals surface area contributed by atoms with Crippen LogP contribution in [0.15, 0.2) is 43.0 Å². The van der Waals surface area contributed by atoms with Crippen molar-refractivity contribution in [3.8, 4) is 17.1 Å². The number of carbonyl (C=O) groups excluding carboxylic acids is 2. The van der Waals surface area contributed by atoms with Crippen molar-refractivity contribution in [3.63, 3.8) is 0 Å². The van der Waals surface area contributed by atoms with Crippen molar-refractivity contribution in [2.24, 2.45) is 0 Å². The van der Waals surface area contributed by atoms with Crippen LogP contribution in [0.5, 0.6) is 5.88 Å². The second-order valence-corrected chi connectivity index (χ2v) is 13.4. The van der Waals surface area contributed by atoms with Gasteiger partial charge < -0.3 is 14.4 Å². The van der Waals surface area contributed by atoms with Crippen molar-refractivity contribution < 1.29 is 27.5 Å². The summed E-state index contributed by atoms with van der Waals surface area (Å²) in [6, 6.07) is 5.23. The van der Waals surface area contributed by atoms with E-state index in [-0.39, 0.29) is 49.7 Å². The van der Waals surface area contributed by atoms with Gasteiger partial charge in [-0.15, -0.1) is 0 Å². The minimum absolute atomic E-state index is 0.0167. The Kier molecular flexibility index (Phi) is 9.19. The first-order chi connectivity index (χ1) is 19.8. The lowest BCUT2D eigenvalue weighted by Gasteiger charge is -2.40. The average Bonchev–Trinajstić information content (AvgIpc) is 2.92. The molecule has 0 spiro atoms. The van der Waals surface area contributed by atoms with Gasteiger partial charge in [0.15, 0.2) is 15.6 Å². The van der Waals surface area contributed by atoms with E-state index in [1.54, 1.807) is 50.2 Å². The maximum absolute atomic E-state index is 14.1. The number of sulfone groups is 1.